The quantitative estimate of drug-likeness (QED) is 0.865. The molecule has 1 aromatic carbocycles. The van der Waals surface area contributed by atoms with Crippen LogP contribution in [0.4, 0.5) is 0 Å². The molecule has 2 N–H and O–H groups in total. The molecular formula is C15H24N2. The number of nitrogens with two attached hydrogens (primary N) is 1. The van der Waals surface area contributed by atoms with E-state index in [0.29, 0.717) is 12.6 Å². The molecule has 2 nitrogen and oxygen atoms in total. The Kier molecular flexibility index (Phi) is 4.19. The Morgan fingerprint density at radius 1 is 1.29 bits per heavy atom. The molecule has 0 spiro atoms. The van der Waals surface area contributed by atoms with Crippen molar-refractivity contribution in [3.63, 3.8) is 0 Å². The fraction of sp³-hybridized carbons (Fsp3) is 0.600. The lowest BCUT2D eigenvalue weighted by Crippen LogP contribution is -2.26. The maximum Gasteiger partial charge on any atom is 0.0370 e. The fourth-order valence-corrected chi connectivity index (χ4v) is 3.17. The van der Waals surface area contributed by atoms with Gasteiger partial charge in [0.05, 0.1) is 0 Å². The van der Waals surface area contributed by atoms with Gasteiger partial charge in [0.1, 0.15) is 0 Å². The third-order valence-corrected chi connectivity index (χ3v) is 3.93. The highest BCUT2D eigenvalue weighted by Crippen LogP contribution is 2.38. The first-order valence-electron chi connectivity index (χ1n) is 6.67. The van der Waals surface area contributed by atoms with Gasteiger partial charge in [-0.15, -0.1) is 0 Å². The summed E-state index contributed by atoms with van der Waals surface area (Å²) in [7, 11) is 4.39. The van der Waals surface area contributed by atoms with Gasteiger partial charge in [-0.25, -0.2) is 0 Å². The van der Waals surface area contributed by atoms with Gasteiger partial charge in [0, 0.05) is 12.6 Å². The molecule has 94 valence electrons. The number of rotatable bonds is 4. The van der Waals surface area contributed by atoms with Crippen molar-refractivity contribution in [1.82, 2.24) is 4.90 Å². The average molecular weight is 232 g/mol. The van der Waals surface area contributed by atoms with Gasteiger partial charge in [-0.1, -0.05) is 37.1 Å². The zero-order valence-corrected chi connectivity index (χ0v) is 11.0. The summed E-state index contributed by atoms with van der Waals surface area (Å²) in [4.78, 5) is 2.37. The van der Waals surface area contributed by atoms with Crippen LogP contribution in [0.2, 0.25) is 0 Å². The van der Waals surface area contributed by atoms with Crippen LogP contribution in [0, 0.1) is 5.92 Å². The molecule has 1 fully saturated rings. The minimum absolute atomic E-state index is 0.559. The highest BCUT2D eigenvalue weighted by molar-refractivity contribution is 5.26. The first-order valence-corrected chi connectivity index (χ1v) is 6.67. The van der Waals surface area contributed by atoms with E-state index in [4.69, 9.17) is 5.73 Å². The van der Waals surface area contributed by atoms with Crippen molar-refractivity contribution >= 4 is 0 Å². The lowest BCUT2D eigenvalue weighted by atomic mass is 9.90. The molecule has 0 aliphatic heterocycles. The van der Waals surface area contributed by atoms with Crippen LogP contribution in [-0.2, 0) is 6.54 Å². The van der Waals surface area contributed by atoms with E-state index in [2.05, 4.69) is 43.3 Å². The molecule has 1 aliphatic carbocycles. The molecule has 0 radical (unpaired) electrons. The van der Waals surface area contributed by atoms with E-state index in [0.717, 1.165) is 5.92 Å². The van der Waals surface area contributed by atoms with Crippen LogP contribution in [0.1, 0.15) is 42.9 Å². The topological polar surface area (TPSA) is 29.3 Å². The number of hydrogen-bond donors (Lipinski definition) is 1. The third kappa shape index (κ3) is 2.88. The van der Waals surface area contributed by atoms with Gasteiger partial charge in [-0.05, 0) is 44.0 Å². The first kappa shape index (κ1) is 12.6. The minimum Gasteiger partial charge on any atom is -0.326 e. The molecule has 1 atom stereocenters. The van der Waals surface area contributed by atoms with Gasteiger partial charge in [0.25, 0.3) is 0 Å². The highest BCUT2D eigenvalue weighted by Gasteiger charge is 2.27. The molecule has 1 aliphatic rings. The summed E-state index contributed by atoms with van der Waals surface area (Å²) in [5, 5.41) is 0. The van der Waals surface area contributed by atoms with Crippen LogP contribution < -0.4 is 5.73 Å². The van der Waals surface area contributed by atoms with Crippen molar-refractivity contribution in [2.75, 3.05) is 14.1 Å². The summed E-state index contributed by atoms with van der Waals surface area (Å²) in [5.74, 6) is 0.818. The maximum absolute atomic E-state index is 5.73. The van der Waals surface area contributed by atoms with Crippen LogP contribution in [0.15, 0.2) is 24.3 Å². The largest absolute Gasteiger partial charge is 0.326 e. The molecule has 1 unspecified atom stereocenters. The lowest BCUT2D eigenvalue weighted by molar-refractivity contribution is 0.214. The molecule has 2 heteroatoms. The van der Waals surface area contributed by atoms with Gasteiger partial charge < -0.3 is 10.6 Å². The molecule has 0 aromatic heterocycles. The molecule has 1 saturated carbocycles. The Balaban J connectivity index is 2.24. The monoisotopic (exact) mass is 232 g/mol. The Morgan fingerprint density at radius 2 is 2.00 bits per heavy atom. The van der Waals surface area contributed by atoms with Crippen LogP contribution in [-0.4, -0.2) is 19.0 Å². The molecule has 0 amide bonds. The molecule has 0 heterocycles. The molecular weight excluding hydrogens is 208 g/mol. The summed E-state index contributed by atoms with van der Waals surface area (Å²) in [6.07, 6.45) is 5.53. The summed E-state index contributed by atoms with van der Waals surface area (Å²) in [6, 6.07) is 9.35. The summed E-state index contributed by atoms with van der Waals surface area (Å²) >= 11 is 0. The van der Waals surface area contributed by atoms with Gasteiger partial charge in [-0.2, -0.15) is 0 Å². The van der Waals surface area contributed by atoms with E-state index < -0.39 is 0 Å². The average Bonchev–Trinajstić information content (AvgIpc) is 2.83. The summed E-state index contributed by atoms with van der Waals surface area (Å²) in [5.41, 5.74) is 8.41. The predicted molar refractivity (Wildman–Crippen MR) is 72.7 cm³/mol. The van der Waals surface area contributed by atoms with Crippen molar-refractivity contribution in [2.24, 2.45) is 11.7 Å². The van der Waals surface area contributed by atoms with Crippen LogP contribution in [0.25, 0.3) is 0 Å². The van der Waals surface area contributed by atoms with E-state index >= 15 is 0 Å². The predicted octanol–water partition coefficient (Wildman–Crippen LogP) is 2.94. The Bertz CT molecular complexity index is 354. The first-order chi connectivity index (χ1) is 8.22. The normalized spacial score (nSPS) is 18.8. The maximum atomic E-state index is 5.73. The smallest absolute Gasteiger partial charge is 0.0370 e. The van der Waals surface area contributed by atoms with Crippen LogP contribution >= 0.6 is 0 Å². The second-order valence-electron chi connectivity index (χ2n) is 5.40. The van der Waals surface area contributed by atoms with Gasteiger partial charge in [-0.3, -0.25) is 0 Å². The van der Waals surface area contributed by atoms with Crippen molar-refractivity contribution < 1.29 is 0 Å². The van der Waals surface area contributed by atoms with Crippen LogP contribution in [0.3, 0.4) is 0 Å². The Labute approximate surface area is 105 Å². The molecule has 0 saturated heterocycles. The SMILES string of the molecule is CN(C)C(c1cccc(CN)c1)C1CCCC1. The van der Waals surface area contributed by atoms with E-state index in [1.165, 1.54) is 36.8 Å². The molecule has 17 heavy (non-hydrogen) atoms. The van der Waals surface area contributed by atoms with Gasteiger partial charge in [0.15, 0.2) is 0 Å². The number of benzene rings is 1. The zero-order chi connectivity index (χ0) is 12.3. The van der Waals surface area contributed by atoms with E-state index in [1.54, 1.807) is 0 Å². The van der Waals surface area contributed by atoms with Crippen LogP contribution in [0.5, 0.6) is 0 Å². The minimum atomic E-state index is 0.559. The van der Waals surface area contributed by atoms with Crippen molar-refractivity contribution in [3.8, 4) is 0 Å². The third-order valence-electron chi connectivity index (χ3n) is 3.93. The lowest BCUT2D eigenvalue weighted by Gasteiger charge is -2.30. The highest BCUT2D eigenvalue weighted by atomic mass is 15.1. The standard InChI is InChI=1S/C15H24N2/c1-17(2)15(13-7-3-4-8-13)14-9-5-6-12(10-14)11-16/h5-6,9-10,13,15H,3-4,7-8,11,16H2,1-2H3. The second-order valence-corrected chi connectivity index (χ2v) is 5.40. The van der Waals surface area contributed by atoms with E-state index in [9.17, 15) is 0 Å². The molecule has 1 aromatic rings. The summed E-state index contributed by atoms with van der Waals surface area (Å²) < 4.78 is 0. The van der Waals surface area contributed by atoms with Gasteiger partial charge >= 0.3 is 0 Å². The van der Waals surface area contributed by atoms with Crippen molar-refractivity contribution in [3.05, 3.63) is 35.4 Å². The molecule has 2 rings (SSSR count). The van der Waals surface area contributed by atoms with Crippen molar-refractivity contribution in [1.29, 1.82) is 0 Å². The van der Waals surface area contributed by atoms with Gasteiger partial charge in [0.2, 0.25) is 0 Å². The Hall–Kier alpha value is -0.860. The second kappa shape index (κ2) is 5.65. The number of nitrogens with zero attached hydrogens (tertiary/aromatic N) is 1. The van der Waals surface area contributed by atoms with E-state index in [1.807, 2.05) is 0 Å². The fourth-order valence-electron chi connectivity index (χ4n) is 3.17. The summed E-state index contributed by atoms with van der Waals surface area (Å²) in [6.45, 7) is 0.638. The Morgan fingerprint density at radius 3 is 2.59 bits per heavy atom. The van der Waals surface area contributed by atoms with E-state index in [-0.39, 0.29) is 0 Å². The number of hydrogen-bond acceptors (Lipinski definition) is 2. The van der Waals surface area contributed by atoms with Crippen molar-refractivity contribution in [2.45, 2.75) is 38.3 Å². The molecule has 0 bridgehead atoms. The zero-order valence-electron chi connectivity index (χ0n) is 11.0.